The monoisotopic (exact) mass is 200 g/mol. The summed E-state index contributed by atoms with van der Waals surface area (Å²) >= 11 is 0. The summed E-state index contributed by atoms with van der Waals surface area (Å²) in [6, 6.07) is 5.95. The molecule has 0 amide bonds. The van der Waals surface area contributed by atoms with E-state index in [0.29, 0.717) is 0 Å². The van der Waals surface area contributed by atoms with Gasteiger partial charge in [0.25, 0.3) is 0 Å². The molecule has 1 aliphatic rings. The average Bonchev–Trinajstić information content (AvgIpc) is 2.02. The van der Waals surface area contributed by atoms with E-state index in [1.165, 1.54) is 12.1 Å². The lowest BCUT2D eigenvalue weighted by Crippen LogP contribution is -2.24. The highest BCUT2D eigenvalue weighted by atomic mass is 32.3. The molecule has 0 spiro atoms. The van der Waals surface area contributed by atoms with E-state index in [9.17, 15) is 13.2 Å². The van der Waals surface area contributed by atoms with E-state index in [2.05, 4.69) is 8.37 Å². The fourth-order valence-corrected chi connectivity index (χ4v) is 1.65. The number of carbonyl (C=O) groups excluding carboxylic acids is 1. The van der Waals surface area contributed by atoms with Crippen LogP contribution in [0.5, 0.6) is 5.75 Å². The summed E-state index contributed by atoms with van der Waals surface area (Å²) in [5, 5.41) is 0. The second kappa shape index (κ2) is 2.46. The SMILES string of the molecule is O=C1OS(=O)(=O)Oc2ccccc21. The summed E-state index contributed by atoms with van der Waals surface area (Å²) in [6.07, 6.45) is 0. The molecule has 1 heterocycles. The Morgan fingerprint density at radius 1 is 1.08 bits per heavy atom. The zero-order chi connectivity index (χ0) is 9.47. The third kappa shape index (κ3) is 1.35. The maximum atomic E-state index is 11.0. The van der Waals surface area contributed by atoms with E-state index < -0.39 is 16.4 Å². The average molecular weight is 200 g/mol. The highest BCUT2D eigenvalue weighted by Crippen LogP contribution is 2.25. The van der Waals surface area contributed by atoms with Crippen molar-refractivity contribution in [3.05, 3.63) is 29.8 Å². The molecule has 0 radical (unpaired) electrons. The number of fused-ring (bicyclic) bond motifs is 1. The highest BCUT2D eigenvalue weighted by molar-refractivity contribution is 7.82. The Kier molecular flexibility index (Phi) is 1.53. The number of benzene rings is 1. The van der Waals surface area contributed by atoms with Gasteiger partial charge in [-0.2, -0.15) is 0 Å². The number of carbonyl (C=O) groups is 1. The van der Waals surface area contributed by atoms with Crippen molar-refractivity contribution in [3.8, 4) is 5.75 Å². The predicted octanol–water partition coefficient (Wildman–Crippen LogP) is 0.481. The number of para-hydroxylation sites is 1. The van der Waals surface area contributed by atoms with Crippen LogP contribution in [0.15, 0.2) is 24.3 Å². The van der Waals surface area contributed by atoms with Gasteiger partial charge >= 0.3 is 16.4 Å². The minimum absolute atomic E-state index is 0.00116. The van der Waals surface area contributed by atoms with E-state index in [0.717, 1.165) is 0 Å². The molecule has 0 bridgehead atoms. The summed E-state index contributed by atoms with van der Waals surface area (Å²) in [7, 11) is -4.19. The normalized spacial score (nSPS) is 18.3. The molecule has 0 N–H and O–H groups in total. The molecule has 0 saturated carbocycles. The van der Waals surface area contributed by atoms with Crippen LogP contribution in [0.4, 0.5) is 0 Å². The molecule has 1 aromatic rings. The van der Waals surface area contributed by atoms with Crippen LogP contribution < -0.4 is 4.18 Å². The third-order valence-electron chi connectivity index (χ3n) is 1.48. The van der Waals surface area contributed by atoms with Crippen LogP contribution >= 0.6 is 0 Å². The van der Waals surface area contributed by atoms with Gasteiger partial charge in [0.15, 0.2) is 5.75 Å². The fourth-order valence-electron chi connectivity index (χ4n) is 0.973. The molecule has 2 rings (SSSR count). The van der Waals surface area contributed by atoms with Crippen LogP contribution in [0.1, 0.15) is 10.4 Å². The van der Waals surface area contributed by atoms with E-state index in [1.807, 2.05) is 0 Å². The largest absolute Gasteiger partial charge is 0.503 e. The molecule has 13 heavy (non-hydrogen) atoms. The summed E-state index contributed by atoms with van der Waals surface area (Å²) in [5.74, 6) is -0.916. The minimum Gasteiger partial charge on any atom is -0.352 e. The molecule has 0 aromatic heterocycles. The van der Waals surface area contributed by atoms with Crippen LogP contribution in [0.25, 0.3) is 0 Å². The molecular weight excluding hydrogens is 196 g/mol. The van der Waals surface area contributed by atoms with Crippen LogP contribution in [0, 0.1) is 0 Å². The first-order chi connectivity index (χ1) is 6.08. The molecular formula is C7H4O5S. The van der Waals surface area contributed by atoms with Crippen molar-refractivity contribution in [1.82, 2.24) is 0 Å². The first-order valence-corrected chi connectivity index (χ1v) is 4.69. The predicted molar refractivity (Wildman–Crippen MR) is 41.4 cm³/mol. The van der Waals surface area contributed by atoms with Crippen LogP contribution in [0.2, 0.25) is 0 Å². The molecule has 0 saturated heterocycles. The molecule has 0 aliphatic carbocycles. The molecule has 1 aliphatic heterocycles. The van der Waals surface area contributed by atoms with Crippen molar-refractivity contribution < 1.29 is 21.6 Å². The van der Waals surface area contributed by atoms with Crippen molar-refractivity contribution >= 4 is 16.4 Å². The standard InChI is InChI=1S/C7H4O5S/c8-7-5-3-1-2-4-6(5)11-13(9,10)12-7/h1-4H. The molecule has 0 unspecified atom stereocenters. The highest BCUT2D eigenvalue weighted by Gasteiger charge is 2.30. The quantitative estimate of drug-likeness (QED) is 0.609. The summed E-state index contributed by atoms with van der Waals surface area (Å²) in [6.45, 7) is 0. The Hall–Kier alpha value is -1.56. The Balaban J connectivity index is 2.61. The second-order valence-corrected chi connectivity index (χ2v) is 3.51. The Labute approximate surface area is 74.2 Å². The van der Waals surface area contributed by atoms with Gasteiger partial charge in [0.1, 0.15) is 5.56 Å². The van der Waals surface area contributed by atoms with E-state index in [4.69, 9.17) is 0 Å². The van der Waals surface area contributed by atoms with Gasteiger partial charge in [-0.1, -0.05) is 12.1 Å². The smallest absolute Gasteiger partial charge is 0.352 e. The van der Waals surface area contributed by atoms with E-state index in [1.54, 1.807) is 12.1 Å². The Morgan fingerprint density at radius 3 is 2.54 bits per heavy atom. The van der Waals surface area contributed by atoms with Crippen molar-refractivity contribution in [2.75, 3.05) is 0 Å². The van der Waals surface area contributed by atoms with Gasteiger partial charge < -0.3 is 8.37 Å². The van der Waals surface area contributed by atoms with Crippen molar-refractivity contribution in [2.24, 2.45) is 0 Å². The van der Waals surface area contributed by atoms with Crippen LogP contribution in [-0.2, 0) is 14.6 Å². The van der Waals surface area contributed by atoms with Crippen LogP contribution in [0.3, 0.4) is 0 Å². The lowest BCUT2D eigenvalue weighted by atomic mass is 10.2. The van der Waals surface area contributed by atoms with Crippen molar-refractivity contribution in [2.45, 2.75) is 0 Å². The lowest BCUT2D eigenvalue weighted by molar-refractivity contribution is 0.0708. The van der Waals surface area contributed by atoms with Crippen molar-refractivity contribution in [3.63, 3.8) is 0 Å². The topological polar surface area (TPSA) is 69.7 Å². The van der Waals surface area contributed by atoms with E-state index >= 15 is 0 Å². The summed E-state index contributed by atoms with van der Waals surface area (Å²) < 4.78 is 29.9. The van der Waals surface area contributed by atoms with Gasteiger partial charge in [-0.3, -0.25) is 0 Å². The van der Waals surface area contributed by atoms with Gasteiger partial charge in [-0.15, -0.1) is 8.42 Å². The Bertz CT molecular complexity index is 462. The molecule has 1 aromatic carbocycles. The molecule has 5 nitrogen and oxygen atoms in total. The molecule has 6 heteroatoms. The minimum atomic E-state index is -4.19. The second-order valence-electron chi connectivity index (χ2n) is 2.36. The van der Waals surface area contributed by atoms with Gasteiger partial charge in [-0.25, -0.2) is 4.79 Å². The summed E-state index contributed by atoms with van der Waals surface area (Å²) in [5.41, 5.74) is 0.109. The van der Waals surface area contributed by atoms with Gasteiger partial charge in [-0.05, 0) is 12.1 Å². The van der Waals surface area contributed by atoms with Crippen LogP contribution in [-0.4, -0.2) is 14.4 Å². The summed E-state index contributed by atoms with van der Waals surface area (Å²) in [4.78, 5) is 11.0. The number of hydrogen-bond acceptors (Lipinski definition) is 5. The maximum Gasteiger partial charge on any atom is 0.503 e. The van der Waals surface area contributed by atoms with Gasteiger partial charge in [0.05, 0.1) is 0 Å². The fraction of sp³-hybridized carbons (Fsp3) is 0. The van der Waals surface area contributed by atoms with E-state index in [-0.39, 0.29) is 11.3 Å². The Morgan fingerprint density at radius 2 is 1.77 bits per heavy atom. The zero-order valence-electron chi connectivity index (χ0n) is 6.26. The van der Waals surface area contributed by atoms with Gasteiger partial charge in [0, 0.05) is 0 Å². The number of hydrogen-bond donors (Lipinski definition) is 0. The molecule has 0 atom stereocenters. The lowest BCUT2D eigenvalue weighted by Gasteiger charge is -2.14. The first-order valence-electron chi connectivity index (χ1n) is 3.36. The molecule has 0 fully saturated rings. The third-order valence-corrected chi connectivity index (χ3v) is 2.22. The first kappa shape index (κ1) is 8.06. The maximum absolute atomic E-state index is 11.0. The molecule has 68 valence electrons. The van der Waals surface area contributed by atoms with Gasteiger partial charge in [0.2, 0.25) is 0 Å². The van der Waals surface area contributed by atoms with Crippen molar-refractivity contribution in [1.29, 1.82) is 0 Å². The zero-order valence-corrected chi connectivity index (χ0v) is 7.08. The number of rotatable bonds is 0.